The number of likely N-dealkylation sites (N-methyl/N-ethyl adjacent to an activating group) is 1. The van der Waals surface area contributed by atoms with E-state index in [1.165, 1.54) is 11.8 Å². The second-order valence-corrected chi connectivity index (χ2v) is 4.46. The first-order valence-corrected chi connectivity index (χ1v) is 5.71. The Hall–Kier alpha value is -2.04. The van der Waals surface area contributed by atoms with Crippen molar-refractivity contribution in [1.29, 1.82) is 0 Å². The summed E-state index contributed by atoms with van der Waals surface area (Å²) >= 11 is 0. The molecule has 3 N–H and O–H groups in total. The fraction of sp³-hybridized carbons (Fsp3) is 0.385. The Balaban J connectivity index is 2.89. The zero-order valence-electron chi connectivity index (χ0n) is 11.2. The molecule has 0 aromatic heterocycles. The highest BCUT2D eigenvalue weighted by Gasteiger charge is 2.15. The molecule has 0 bridgehead atoms. The maximum atomic E-state index is 11.7. The van der Waals surface area contributed by atoms with Crippen LogP contribution in [0.4, 0.5) is 11.4 Å². The Bertz CT molecular complexity index is 469. The lowest BCUT2D eigenvalue weighted by atomic mass is 10.1. The number of Topliss-reactive ketones (excluding diaryl/α,β-unsaturated/α-hetero) is 1. The molecule has 0 aliphatic heterocycles. The molecule has 0 saturated carbocycles. The largest absolute Gasteiger partial charge is 0.398 e. The molecule has 1 amide bonds. The van der Waals surface area contributed by atoms with Crippen molar-refractivity contribution in [3.63, 3.8) is 0 Å². The predicted molar refractivity (Wildman–Crippen MR) is 72.6 cm³/mol. The first-order valence-electron chi connectivity index (χ1n) is 5.71. The number of hydrogen-bond acceptors (Lipinski definition) is 4. The highest BCUT2D eigenvalue weighted by molar-refractivity contribution is 6.00. The van der Waals surface area contributed by atoms with Gasteiger partial charge in [0.2, 0.25) is 5.91 Å². The fourth-order valence-electron chi connectivity index (χ4n) is 1.65. The van der Waals surface area contributed by atoms with Gasteiger partial charge in [-0.2, -0.15) is 0 Å². The van der Waals surface area contributed by atoms with Gasteiger partial charge >= 0.3 is 0 Å². The molecule has 1 rings (SSSR count). The van der Waals surface area contributed by atoms with E-state index in [-0.39, 0.29) is 17.7 Å². The minimum Gasteiger partial charge on any atom is -0.398 e. The highest BCUT2D eigenvalue weighted by atomic mass is 16.2. The number of nitrogens with zero attached hydrogens (tertiary/aromatic N) is 1. The van der Waals surface area contributed by atoms with Crippen LogP contribution in [0.3, 0.4) is 0 Å². The number of amides is 1. The van der Waals surface area contributed by atoms with Crippen molar-refractivity contribution in [1.82, 2.24) is 4.90 Å². The van der Waals surface area contributed by atoms with Crippen LogP contribution in [-0.4, -0.2) is 36.7 Å². The Labute approximate surface area is 107 Å². The molecule has 0 spiro atoms. The van der Waals surface area contributed by atoms with Gasteiger partial charge in [0.15, 0.2) is 5.78 Å². The molecule has 1 aromatic rings. The van der Waals surface area contributed by atoms with E-state index in [2.05, 4.69) is 5.32 Å². The lowest BCUT2D eigenvalue weighted by molar-refractivity contribution is -0.129. The van der Waals surface area contributed by atoms with Crippen LogP contribution < -0.4 is 11.1 Å². The fourth-order valence-corrected chi connectivity index (χ4v) is 1.65. The Kier molecular flexibility index (Phi) is 4.31. The number of hydrogen-bond donors (Lipinski definition) is 2. The number of benzene rings is 1. The number of anilines is 2. The number of nitrogens with two attached hydrogens (primary N) is 1. The van der Waals surface area contributed by atoms with Gasteiger partial charge in [-0.05, 0) is 32.0 Å². The average Bonchev–Trinajstić information content (AvgIpc) is 2.29. The van der Waals surface area contributed by atoms with E-state index >= 15 is 0 Å². The van der Waals surface area contributed by atoms with Gasteiger partial charge in [0, 0.05) is 31.0 Å². The van der Waals surface area contributed by atoms with E-state index in [0.29, 0.717) is 16.9 Å². The molecule has 0 fully saturated rings. The zero-order valence-corrected chi connectivity index (χ0v) is 11.2. The van der Waals surface area contributed by atoms with Crippen molar-refractivity contribution >= 4 is 23.1 Å². The van der Waals surface area contributed by atoms with E-state index in [4.69, 9.17) is 5.73 Å². The van der Waals surface area contributed by atoms with Crippen LogP contribution in [0.1, 0.15) is 24.2 Å². The van der Waals surface area contributed by atoms with Crippen molar-refractivity contribution in [2.45, 2.75) is 19.9 Å². The highest BCUT2D eigenvalue weighted by Crippen LogP contribution is 2.19. The van der Waals surface area contributed by atoms with E-state index in [0.717, 1.165) is 0 Å². The van der Waals surface area contributed by atoms with Crippen LogP contribution in [0.2, 0.25) is 0 Å². The normalized spacial score (nSPS) is 11.8. The molecular weight excluding hydrogens is 230 g/mol. The van der Waals surface area contributed by atoms with Crippen LogP contribution in [-0.2, 0) is 4.79 Å². The summed E-state index contributed by atoms with van der Waals surface area (Å²) in [6.07, 6.45) is 0. The maximum absolute atomic E-state index is 11.7. The lowest BCUT2D eigenvalue weighted by Crippen LogP contribution is -2.36. The van der Waals surface area contributed by atoms with Crippen LogP contribution in [0.15, 0.2) is 18.2 Å². The summed E-state index contributed by atoms with van der Waals surface area (Å²) in [5.74, 6) is -0.126. The smallest absolute Gasteiger partial charge is 0.244 e. The Morgan fingerprint density at radius 2 is 1.94 bits per heavy atom. The monoisotopic (exact) mass is 249 g/mol. The lowest BCUT2D eigenvalue weighted by Gasteiger charge is -2.19. The number of nitrogens with one attached hydrogen (secondary N) is 1. The average molecular weight is 249 g/mol. The number of carbonyl (C=O) groups is 2. The molecule has 1 aromatic carbocycles. The molecule has 5 nitrogen and oxygen atoms in total. The summed E-state index contributed by atoms with van der Waals surface area (Å²) < 4.78 is 0. The minimum atomic E-state index is -0.358. The van der Waals surface area contributed by atoms with Gasteiger partial charge in [0.05, 0.1) is 0 Å². The second kappa shape index (κ2) is 5.53. The third-order valence-electron chi connectivity index (χ3n) is 2.63. The van der Waals surface area contributed by atoms with Crippen molar-refractivity contribution in [2.75, 3.05) is 25.1 Å². The third-order valence-corrected chi connectivity index (χ3v) is 2.63. The van der Waals surface area contributed by atoms with E-state index in [1.807, 2.05) is 0 Å². The molecule has 0 heterocycles. The predicted octanol–water partition coefficient (Wildman–Crippen LogP) is 1.36. The topological polar surface area (TPSA) is 75.4 Å². The van der Waals surface area contributed by atoms with Crippen molar-refractivity contribution < 1.29 is 9.59 Å². The summed E-state index contributed by atoms with van der Waals surface area (Å²) in [4.78, 5) is 24.6. The molecule has 98 valence electrons. The molecule has 0 aliphatic rings. The molecule has 0 saturated heterocycles. The number of rotatable bonds is 4. The summed E-state index contributed by atoms with van der Waals surface area (Å²) in [7, 11) is 3.40. The molecule has 5 heteroatoms. The molecular formula is C13H19N3O2. The molecule has 18 heavy (non-hydrogen) atoms. The van der Waals surface area contributed by atoms with Crippen LogP contribution in [0.25, 0.3) is 0 Å². The van der Waals surface area contributed by atoms with Gasteiger partial charge in [0.1, 0.15) is 6.04 Å². The van der Waals surface area contributed by atoms with Gasteiger partial charge < -0.3 is 16.0 Å². The molecule has 1 atom stereocenters. The van der Waals surface area contributed by atoms with Crippen molar-refractivity contribution in [2.24, 2.45) is 0 Å². The number of ketones is 1. The van der Waals surface area contributed by atoms with Crippen molar-refractivity contribution in [3.8, 4) is 0 Å². The molecule has 1 unspecified atom stereocenters. The van der Waals surface area contributed by atoms with Crippen molar-refractivity contribution in [3.05, 3.63) is 23.8 Å². The van der Waals surface area contributed by atoms with Crippen LogP contribution in [0.5, 0.6) is 0 Å². The quantitative estimate of drug-likeness (QED) is 0.624. The minimum absolute atomic E-state index is 0.0313. The zero-order chi connectivity index (χ0) is 13.9. The maximum Gasteiger partial charge on any atom is 0.244 e. The van der Waals surface area contributed by atoms with Crippen LogP contribution >= 0.6 is 0 Å². The molecule has 0 radical (unpaired) electrons. The summed E-state index contributed by atoms with van der Waals surface area (Å²) in [5.41, 5.74) is 7.32. The Morgan fingerprint density at radius 1 is 1.33 bits per heavy atom. The first-order chi connectivity index (χ1) is 8.32. The second-order valence-electron chi connectivity index (χ2n) is 4.46. The van der Waals surface area contributed by atoms with Gasteiger partial charge in [-0.25, -0.2) is 0 Å². The van der Waals surface area contributed by atoms with E-state index < -0.39 is 0 Å². The van der Waals surface area contributed by atoms with Gasteiger partial charge in [0.25, 0.3) is 0 Å². The molecule has 0 aliphatic carbocycles. The van der Waals surface area contributed by atoms with E-state index in [1.54, 1.807) is 39.2 Å². The van der Waals surface area contributed by atoms with Gasteiger partial charge in [-0.3, -0.25) is 9.59 Å². The van der Waals surface area contributed by atoms with Gasteiger partial charge in [-0.15, -0.1) is 0 Å². The summed E-state index contributed by atoms with van der Waals surface area (Å²) in [6.45, 7) is 3.23. The Morgan fingerprint density at radius 3 is 2.44 bits per heavy atom. The van der Waals surface area contributed by atoms with Crippen LogP contribution in [0, 0.1) is 0 Å². The van der Waals surface area contributed by atoms with E-state index in [9.17, 15) is 9.59 Å². The SMILES string of the molecule is CC(=O)c1cc(NC(C)C(=O)N(C)C)ccc1N. The third kappa shape index (κ3) is 3.23. The summed E-state index contributed by atoms with van der Waals surface area (Å²) in [6, 6.07) is 4.72. The first kappa shape index (κ1) is 14.0. The summed E-state index contributed by atoms with van der Waals surface area (Å²) in [5, 5.41) is 3.05. The number of nitrogen functional groups attached to an aromatic ring is 1. The standard InChI is InChI=1S/C13H19N3O2/c1-8(13(18)16(3)4)15-10-5-6-12(14)11(7-10)9(2)17/h5-8,15H,14H2,1-4H3. The number of carbonyl (C=O) groups excluding carboxylic acids is 2. The van der Waals surface area contributed by atoms with Gasteiger partial charge in [-0.1, -0.05) is 0 Å².